The highest BCUT2D eigenvalue weighted by Gasteiger charge is 2.21. The van der Waals surface area contributed by atoms with Crippen LogP contribution in [0.5, 0.6) is 0 Å². The normalized spacial score (nSPS) is 11.1. The van der Waals surface area contributed by atoms with Crippen LogP contribution in [-0.2, 0) is 0 Å². The molecule has 0 amide bonds. The van der Waals surface area contributed by atoms with Gasteiger partial charge in [-0.3, -0.25) is 24.6 Å². The van der Waals surface area contributed by atoms with Crippen LogP contribution < -0.4 is 0 Å². The molecule has 0 N–H and O–H groups in total. The van der Waals surface area contributed by atoms with Crippen molar-refractivity contribution in [1.82, 2.24) is 19.5 Å². The SMILES string of the molecule is O=[N+]([O-])c1ccncc1-c1cccc2c3ccccc3n(-c3cnccn3)c12. The number of benzene rings is 2. The molecule has 7 nitrogen and oxygen atoms in total. The van der Waals surface area contributed by atoms with Gasteiger partial charge in [-0.05, 0) is 6.07 Å². The number of aromatic nitrogens is 4. The van der Waals surface area contributed by atoms with Gasteiger partial charge in [0.1, 0.15) is 0 Å². The molecule has 0 atom stereocenters. The summed E-state index contributed by atoms with van der Waals surface area (Å²) < 4.78 is 1.99. The van der Waals surface area contributed by atoms with Crippen molar-refractivity contribution < 1.29 is 4.92 Å². The van der Waals surface area contributed by atoms with Gasteiger partial charge in [-0.25, -0.2) is 4.98 Å². The quantitative estimate of drug-likeness (QED) is 0.345. The Morgan fingerprint density at radius 2 is 1.64 bits per heavy atom. The maximum Gasteiger partial charge on any atom is 0.280 e. The summed E-state index contributed by atoms with van der Waals surface area (Å²) in [7, 11) is 0. The van der Waals surface area contributed by atoms with Gasteiger partial charge in [0.25, 0.3) is 5.69 Å². The molecule has 0 aliphatic heterocycles. The van der Waals surface area contributed by atoms with Crippen LogP contribution in [0.1, 0.15) is 0 Å². The Bertz CT molecular complexity index is 1350. The summed E-state index contributed by atoms with van der Waals surface area (Å²) in [6, 6.07) is 15.2. The first-order valence-corrected chi connectivity index (χ1v) is 8.63. The van der Waals surface area contributed by atoms with Gasteiger partial charge in [0.15, 0.2) is 5.82 Å². The molecule has 0 saturated heterocycles. The van der Waals surface area contributed by atoms with E-state index in [2.05, 4.69) is 15.0 Å². The molecule has 0 bridgehead atoms. The molecule has 134 valence electrons. The predicted molar refractivity (Wildman–Crippen MR) is 106 cm³/mol. The minimum absolute atomic E-state index is 0.0125. The lowest BCUT2D eigenvalue weighted by Crippen LogP contribution is -2.00. The van der Waals surface area contributed by atoms with Crippen molar-refractivity contribution in [2.24, 2.45) is 0 Å². The Kier molecular flexibility index (Phi) is 3.58. The molecule has 0 spiro atoms. The van der Waals surface area contributed by atoms with E-state index in [9.17, 15) is 10.1 Å². The van der Waals surface area contributed by atoms with E-state index < -0.39 is 0 Å². The van der Waals surface area contributed by atoms with E-state index in [1.165, 1.54) is 18.5 Å². The molecule has 0 aliphatic carbocycles. The summed E-state index contributed by atoms with van der Waals surface area (Å²) in [5.41, 5.74) is 2.99. The van der Waals surface area contributed by atoms with E-state index in [0.717, 1.165) is 27.4 Å². The van der Waals surface area contributed by atoms with E-state index in [4.69, 9.17) is 0 Å². The molecule has 2 aromatic carbocycles. The molecule has 3 aromatic heterocycles. The number of nitro groups is 1. The van der Waals surface area contributed by atoms with E-state index in [1.54, 1.807) is 18.6 Å². The zero-order valence-electron chi connectivity index (χ0n) is 14.6. The van der Waals surface area contributed by atoms with Gasteiger partial charge in [0.2, 0.25) is 0 Å². The number of fused-ring (bicyclic) bond motifs is 3. The fraction of sp³-hybridized carbons (Fsp3) is 0. The molecule has 7 heteroatoms. The number of hydrogen-bond donors (Lipinski definition) is 0. The average Bonchev–Trinajstić information content (AvgIpc) is 3.09. The first-order chi connectivity index (χ1) is 13.8. The molecule has 0 saturated carbocycles. The third-order valence-electron chi connectivity index (χ3n) is 4.76. The molecule has 5 aromatic rings. The number of rotatable bonds is 3. The van der Waals surface area contributed by atoms with Crippen LogP contribution in [0.3, 0.4) is 0 Å². The summed E-state index contributed by atoms with van der Waals surface area (Å²) in [5, 5.41) is 13.6. The third-order valence-corrected chi connectivity index (χ3v) is 4.76. The van der Waals surface area contributed by atoms with Gasteiger partial charge < -0.3 is 0 Å². The Morgan fingerprint density at radius 3 is 2.46 bits per heavy atom. The Balaban J connectivity index is 1.98. The summed E-state index contributed by atoms with van der Waals surface area (Å²) in [6.45, 7) is 0. The summed E-state index contributed by atoms with van der Waals surface area (Å²) in [6.07, 6.45) is 7.89. The lowest BCUT2D eigenvalue weighted by molar-refractivity contribution is -0.384. The highest BCUT2D eigenvalue weighted by atomic mass is 16.6. The van der Waals surface area contributed by atoms with Crippen LogP contribution in [-0.4, -0.2) is 24.4 Å². The Labute approximate surface area is 159 Å². The summed E-state index contributed by atoms with van der Waals surface area (Å²) in [5.74, 6) is 0.646. The molecule has 0 unspecified atom stereocenters. The van der Waals surface area contributed by atoms with E-state index in [0.29, 0.717) is 11.4 Å². The fourth-order valence-corrected chi connectivity index (χ4v) is 3.63. The van der Waals surface area contributed by atoms with E-state index in [1.807, 2.05) is 47.0 Å². The topological polar surface area (TPSA) is 86.7 Å². The molecule has 0 aliphatic rings. The van der Waals surface area contributed by atoms with Crippen molar-refractivity contribution in [3.8, 4) is 16.9 Å². The maximum absolute atomic E-state index is 11.6. The molecular formula is C21H13N5O2. The van der Waals surface area contributed by atoms with Crippen LogP contribution in [0, 0.1) is 10.1 Å². The number of nitrogens with zero attached hydrogens (tertiary/aromatic N) is 5. The summed E-state index contributed by atoms with van der Waals surface area (Å²) in [4.78, 5) is 24.0. The van der Waals surface area contributed by atoms with Crippen molar-refractivity contribution >= 4 is 27.5 Å². The van der Waals surface area contributed by atoms with Crippen molar-refractivity contribution in [2.45, 2.75) is 0 Å². The minimum Gasteiger partial charge on any atom is -0.292 e. The van der Waals surface area contributed by atoms with E-state index in [-0.39, 0.29) is 10.6 Å². The monoisotopic (exact) mass is 367 g/mol. The van der Waals surface area contributed by atoms with Crippen molar-refractivity contribution in [2.75, 3.05) is 0 Å². The predicted octanol–water partition coefficient (Wildman–Crippen LogP) is 4.54. The van der Waals surface area contributed by atoms with Gasteiger partial charge in [-0.15, -0.1) is 0 Å². The molecular weight excluding hydrogens is 354 g/mol. The summed E-state index contributed by atoms with van der Waals surface area (Å²) >= 11 is 0. The highest BCUT2D eigenvalue weighted by molar-refractivity contribution is 6.14. The van der Waals surface area contributed by atoms with Crippen LogP contribution in [0.4, 0.5) is 5.69 Å². The molecule has 0 fully saturated rings. The van der Waals surface area contributed by atoms with E-state index >= 15 is 0 Å². The van der Waals surface area contributed by atoms with Crippen molar-refractivity contribution in [3.05, 3.63) is 89.6 Å². The number of pyridine rings is 1. The molecule has 5 rings (SSSR count). The van der Waals surface area contributed by atoms with Crippen molar-refractivity contribution in [1.29, 1.82) is 0 Å². The zero-order chi connectivity index (χ0) is 19.1. The van der Waals surface area contributed by atoms with Crippen LogP contribution in [0.25, 0.3) is 38.8 Å². The van der Waals surface area contributed by atoms with Crippen LogP contribution in [0.15, 0.2) is 79.5 Å². The molecule has 0 radical (unpaired) electrons. The third kappa shape index (κ3) is 2.34. The smallest absolute Gasteiger partial charge is 0.280 e. The van der Waals surface area contributed by atoms with Crippen LogP contribution >= 0.6 is 0 Å². The second kappa shape index (κ2) is 6.24. The minimum atomic E-state index is -0.384. The van der Waals surface area contributed by atoms with Gasteiger partial charge in [0.05, 0.1) is 27.7 Å². The van der Waals surface area contributed by atoms with Gasteiger partial charge in [-0.1, -0.05) is 36.4 Å². The largest absolute Gasteiger partial charge is 0.292 e. The zero-order valence-corrected chi connectivity index (χ0v) is 14.6. The Hall–Kier alpha value is -4.13. The Morgan fingerprint density at radius 1 is 0.821 bits per heavy atom. The number of para-hydroxylation sites is 2. The second-order valence-corrected chi connectivity index (χ2v) is 6.27. The highest BCUT2D eigenvalue weighted by Crippen LogP contribution is 2.39. The van der Waals surface area contributed by atoms with Gasteiger partial charge >= 0.3 is 0 Å². The number of hydrogen-bond acceptors (Lipinski definition) is 5. The van der Waals surface area contributed by atoms with Gasteiger partial charge in [-0.2, -0.15) is 0 Å². The fourth-order valence-electron chi connectivity index (χ4n) is 3.63. The van der Waals surface area contributed by atoms with Crippen molar-refractivity contribution in [3.63, 3.8) is 0 Å². The lowest BCUT2D eigenvalue weighted by atomic mass is 10.0. The maximum atomic E-state index is 11.6. The molecule has 3 heterocycles. The molecule has 28 heavy (non-hydrogen) atoms. The average molecular weight is 367 g/mol. The van der Waals surface area contributed by atoms with Gasteiger partial charge in [0, 0.05) is 47.2 Å². The standard InChI is InChI=1S/C21H13N5O2/c27-26(28)19-8-9-22-12-17(19)16-6-3-5-15-14-4-1-2-7-18(14)25(21(15)16)20-13-23-10-11-24-20/h1-13H. The second-order valence-electron chi connectivity index (χ2n) is 6.27. The first-order valence-electron chi connectivity index (χ1n) is 8.63. The first kappa shape index (κ1) is 16.1. The lowest BCUT2D eigenvalue weighted by Gasteiger charge is -2.10. The van der Waals surface area contributed by atoms with Crippen LogP contribution in [0.2, 0.25) is 0 Å².